The lowest BCUT2D eigenvalue weighted by Crippen LogP contribution is -2.42. The van der Waals surface area contributed by atoms with Crippen LogP contribution < -0.4 is 20.9 Å². The molecular formula is C27H22F4N4O2. The van der Waals surface area contributed by atoms with Crippen molar-refractivity contribution in [2.75, 3.05) is 28.6 Å². The SMILES string of the molecule is O=C(NCCN(C(=O)Nc1ccccc1F)c1cccc(C(F)(F)F)c1)Nc1cccc2ccccc12. The molecule has 0 saturated carbocycles. The van der Waals surface area contributed by atoms with Gasteiger partial charge >= 0.3 is 18.2 Å². The van der Waals surface area contributed by atoms with Gasteiger partial charge < -0.3 is 16.0 Å². The number of benzene rings is 4. The smallest absolute Gasteiger partial charge is 0.336 e. The second kappa shape index (κ2) is 11.0. The van der Waals surface area contributed by atoms with Gasteiger partial charge in [0.05, 0.1) is 16.9 Å². The molecule has 37 heavy (non-hydrogen) atoms. The summed E-state index contributed by atoms with van der Waals surface area (Å²) in [4.78, 5) is 26.5. The summed E-state index contributed by atoms with van der Waals surface area (Å²) in [6.07, 6.45) is -4.62. The van der Waals surface area contributed by atoms with E-state index in [1.165, 1.54) is 30.3 Å². The monoisotopic (exact) mass is 510 g/mol. The highest BCUT2D eigenvalue weighted by molar-refractivity contribution is 6.03. The van der Waals surface area contributed by atoms with Crippen molar-refractivity contribution in [2.24, 2.45) is 0 Å². The number of halogens is 4. The van der Waals surface area contributed by atoms with Crippen LogP contribution in [0.4, 0.5) is 44.2 Å². The molecule has 0 aliphatic carbocycles. The molecule has 4 rings (SSSR count). The molecule has 4 aromatic carbocycles. The van der Waals surface area contributed by atoms with Gasteiger partial charge in [-0.3, -0.25) is 4.90 Å². The number of rotatable bonds is 6. The third-order valence-electron chi connectivity index (χ3n) is 5.50. The number of para-hydroxylation sites is 1. The molecule has 10 heteroatoms. The predicted octanol–water partition coefficient (Wildman–Crippen LogP) is 6.86. The molecule has 3 N–H and O–H groups in total. The molecule has 4 amide bonds. The molecule has 4 aromatic rings. The second-order valence-corrected chi connectivity index (χ2v) is 8.02. The Morgan fingerprint density at radius 3 is 2.24 bits per heavy atom. The van der Waals surface area contributed by atoms with Gasteiger partial charge in [0.25, 0.3) is 0 Å². The first-order valence-corrected chi connectivity index (χ1v) is 11.3. The van der Waals surface area contributed by atoms with Crippen LogP contribution in [0.2, 0.25) is 0 Å². The fraction of sp³-hybridized carbons (Fsp3) is 0.111. The molecule has 0 fully saturated rings. The van der Waals surface area contributed by atoms with Gasteiger partial charge in [-0.2, -0.15) is 13.2 Å². The molecule has 0 atom stereocenters. The molecule has 190 valence electrons. The highest BCUT2D eigenvalue weighted by Gasteiger charge is 2.31. The number of urea groups is 2. The summed E-state index contributed by atoms with van der Waals surface area (Å²) in [6.45, 7) is -0.290. The predicted molar refractivity (Wildman–Crippen MR) is 135 cm³/mol. The average Bonchev–Trinajstić information content (AvgIpc) is 2.88. The van der Waals surface area contributed by atoms with Gasteiger partial charge in [0, 0.05) is 24.2 Å². The van der Waals surface area contributed by atoms with E-state index in [-0.39, 0.29) is 24.5 Å². The van der Waals surface area contributed by atoms with Crippen molar-refractivity contribution in [3.63, 3.8) is 0 Å². The van der Waals surface area contributed by atoms with Crippen LogP contribution in [0, 0.1) is 5.82 Å². The van der Waals surface area contributed by atoms with E-state index in [2.05, 4.69) is 16.0 Å². The van der Waals surface area contributed by atoms with Crippen LogP contribution in [0.15, 0.2) is 91.0 Å². The lowest BCUT2D eigenvalue weighted by molar-refractivity contribution is -0.137. The molecule has 0 radical (unpaired) electrons. The number of anilines is 3. The number of nitrogens with one attached hydrogen (secondary N) is 3. The van der Waals surface area contributed by atoms with Crippen molar-refractivity contribution in [1.82, 2.24) is 5.32 Å². The molecule has 0 spiro atoms. The van der Waals surface area contributed by atoms with E-state index in [1.54, 1.807) is 12.1 Å². The number of hydrogen-bond donors (Lipinski definition) is 3. The zero-order valence-electron chi connectivity index (χ0n) is 19.4. The van der Waals surface area contributed by atoms with Crippen molar-refractivity contribution < 1.29 is 27.2 Å². The Kier molecular flexibility index (Phi) is 7.57. The van der Waals surface area contributed by atoms with Crippen LogP contribution in [-0.4, -0.2) is 25.2 Å². The van der Waals surface area contributed by atoms with E-state index in [9.17, 15) is 27.2 Å². The third-order valence-corrected chi connectivity index (χ3v) is 5.50. The van der Waals surface area contributed by atoms with Gasteiger partial charge in [-0.25, -0.2) is 14.0 Å². The highest BCUT2D eigenvalue weighted by atomic mass is 19.4. The standard InChI is InChI=1S/C27H22F4N4O2/c28-22-12-3-4-13-24(22)34-26(37)35(20-10-6-9-19(17-20)27(29,30)31)16-15-32-25(36)33-23-14-5-8-18-7-1-2-11-21(18)23/h1-14,17H,15-16H2,(H,34,37)(H2,32,33,36). The first-order chi connectivity index (χ1) is 17.7. The number of fused-ring (bicyclic) bond motifs is 1. The van der Waals surface area contributed by atoms with E-state index in [0.717, 1.165) is 33.9 Å². The van der Waals surface area contributed by atoms with Crippen LogP contribution in [0.5, 0.6) is 0 Å². The first-order valence-electron chi connectivity index (χ1n) is 11.3. The molecule has 0 aliphatic rings. The van der Waals surface area contributed by atoms with Crippen molar-refractivity contribution >= 4 is 39.9 Å². The van der Waals surface area contributed by atoms with E-state index in [0.29, 0.717) is 5.69 Å². The summed E-state index contributed by atoms with van der Waals surface area (Å²) < 4.78 is 53.9. The molecule has 0 aliphatic heterocycles. The Labute approximate surface area is 209 Å². The topological polar surface area (TPSA) is 73.5 Å². The minimum Gasteiger partial charge on any atom is -0.336 e. The summed E-state index contributed by atoms with van der Waals surface area (Å²) in [7, 11) is 0. The number of hydrogen-bond acceptors (Lipinski definition) is 2. The number of amides is 4. The fourth-order valence-corrected chi connectivity index (χ4v) is 3.73. The quantitative estimate of drug-likeness (QED) is 0.248. The van der Waals surface area contributed by atoms with Gasteiger partial charge in [0.2, 0.25) is 0 Å². The summed E-state index contributed by atoms with van der Waals surface area (Å²) in [5.74, 6) is -0.701. The Morgan fingerprint density at radius 1 is 0.784 bits per heavy atom. The molecule has 0 unspecified atom stereocenters. The van der Waals surface area contributed by atoms with Gasteiger partial charge in [-0.05, 0) is 41.8 Å². The Hall–Kier alpha value is -4.60. The Morgan fingerprint density at radius 2 is 1.46 bits per heavy atom. The van der Waals surface area contributed by atoms with E-state index < -0.39 is 29.6 Å². The van der Waals surface area contributed by atoms with Gasteiger partial charge in [0.1, 0.15) is 5.82 Å². The van der Waals surface area contributed by atoms with Crippen molar-refractivity contribution in [1.29, 1.82) is 0 Å². The Bertz CT molecular complexity index is 1420. The van der Waals surface area contributed by atoms with E-state index in [1.807, 2.05) is 30.3 Å². The zero-order chi connectivity index (χ0) is 26.4. The van der Waals surface area contributed by atoms with Crippen LogP contribution in [0.3, 0.4) is 0 Å². The lowest BCUT2D eigenvalue weighted by Gasteiger charge is -2.24. The summed E-state index contributed by atoms with van der Waals surface area (Å²) in [5, 5.41) is 9.47. The average molecular weight is 510 g/mol. The Balaban J connectivity index is 1.49. The van der Waals surface area contributed by atoms with Crippen molar-refractivity contribution in [2.45, 2.75) is 6.18 Å². The minimum absolute atomic E-state index is 0.0695. The highest BCUT2D eigenvalue weighted by Crippen LogP contribution is 2.32. The number of nitrogens with zero attached hydrogens (tertiary/aromatic N) is 1. The molecule has 0 saturated heterocycles. The molecule has 0 bridgehead atoms. The molecule has 0 aromatic heterocycles. The summed E-state index contributed by atoms with van der Waals surface area (Å²) in [6, 6.07) is 21.1. The van der Waals surface area contributed by atoms with Crippen LogP contribution in [0.1, 0.15) is 5.56 Å². The largest absolute Gasteiger partial charge is 0.416 e. The van der Waals surface area contributed by atoms with Crippen LogP contribution in [-0.2, 0) is 6.18 Å². The number of alkyl halides is 3. The van der Waals surface area contributed by atoms with Crippen LogP contribution >= 0.6 is 0 Å². The fourth-order valence-electron chi connectivity index (χ4n) is 3.73. The number of carbonyl (C=O) groups is 2. The van der Waals surface area contributed by atoms with Gasteiger partial charge in [-0.15, -0.1) is 0 Å². The first kappa shape index (κ1) is 25.5. The summed E-state index contributed by atoms with van der Waals surface area (Å²) >= 11 is 0. The van der Waals surface area contributed by atoms with E-state index >= 15 is 0 Å². The molecular weight excluding hydrogens is 488 g/mol. The maximum Gasteiger partial charge on any atom is 0.416 e. The summed E-state index contributed by atoms with van der Waals surface area (Å²) in [5.41, 5.74) is -0.580. The minimum atomic E-state index is -4.62. The van der Waals surface area contributed by atoms with Gasteiger partial charge in [-0.1, -0.05) is 54.6 Å². The molecule has 0 heterocycles. The van der Waals surface area contributed by atoms with E-state index in [4.69, 9.17) is 0 Å². The normalized spacial score (nSPS) is 11.1. The lowest BCUT2D eigenvalue weighted by atomic mass is 10.1. The maximum atomic E-state index is 14.1. The second-order valence-electron chi connectivity index (χ2n) is 8.02. The van der Waals surface area contributed by atoms with Crippen molar-refractivity contribution in [3.05, 3.63) is 102 Å². The number of carbonyl (C=O) groups excluding carboxylic acids is 2. The van der Waals surface area contributed by atoms with Crippen molar-refractivity contribution in [3.8, 4) is 0 Å². The maximum absolute atomic E-state index is 14.1. The molecule has 6 nitrogen and oxygen atoms in total. The van der Waals surface area contributed by atoms with Gasteiger partial charge in [0.15, 0.2) is 0 Å². The van der Waals surface area contributed by atoms with Crippen LogP contribution in [0.25, 0.3) is 10.8 Å². The third kappa shape index (κ3) is 6.35. The zero-order valence-corrected chi connectivity index (χ0v) is 19.4.